The van der Waals surface area contributed by atoms with Gasteiger partial charge < -0.3 is 14.6 Å². The first-order chi connectivity index (χ1) is 15.9. The lowest BCUT2D eigenvalue weighted by atomic mass is 10.1. The highest BCUT2D eigenvalue weighted by Crippen LogP contribution is 2.40. The van der Waals surface area contributed by atoms with Crippen molar-refractivity contribution in [2.45, 2.75) is 6.54 Å². The largest absolute Gasteiger partial charge is 0.478 e. The Hall–Kier alpha value is -3.27. The summed E-state index contributed by atoms with van der Waals surface area (Å²) in [6.07, 6.45) is 1.69. The second kappa shape index (κ2) is 8.58. The number of fused-ring (bicyclic) bond motifs is 1. The molecule has 0 atom stereocenters. The number of halogens is 1. The molecule has 0 radical (unpaired) electrons. The van der Waals surface area contributed by atoms with Crippen LogP contribution in [0.2, 0.25) is 5.02 Å². The number of thiophene rings is 1. The standard InChI is InChI=1S/C23H14ClNO6S2/c24-17-8-19-18(30-11-31-19)6-14(17)9-25-21(26)20(33-23(25)29)7-16-5-15(10-32-16)12-1-3-13(4-2-12)22(27)28/h1-8,10H,9,11H2,(H,27,28)/b20-7-. The van der Waals surface area contributed by atoms with Crippen molar-refractivity contribution in [3.8, 4) is 22.6 Å². The molecule has 0 saturated carbocycles. The van der Waals surface area contributed by atoms with Crippen molar-refractivity contribution in [3.63, 3.8) is 0 Å². The number of benzene rings is 2. The van der Waals surface area contributed by atoms with Crippen LogP contribution in [0.3, 0.4) is 0 Å². The fourth-order valence-electron chi connectivity index (χ4n) is 3.40. The monoisotopic (exact) mass is 499 g/mol. The number of carboxylic acids is 1. The number of carbonyl (C=O) groups is 3. The molecule has 7 nitrogen and oxygen atoms in total. The Morgan fingerprint density at radius 3 is 2.55 bits per heavy atom. The van der Waals surface area contributed by atoms with E-state index in [0.717, 1.165) is 32.7 Å². The Balaban J connectivity index is 1.34. The van der Waals surface area contributed by atoms with Gasteiger partial charge in [0, 0.05) is 16.0 Å². The summed E-state index contributed by atoms with van der Waals surface area (Å²) in [4.78, 5) is 38.8. The molecule has 1 aromatic heterocycles. The van der Waals surface area contributed by atoms with E-state index in [9.17, 15) is 14.4 Å². The van der Waals surface area contributed by atoms with Crippen molar-refractivity contribution < 1.29 is 29.0 Å². The number of imide groups is 1. The summed E-state index contributed by atoms with van der Waals surface area (Å²) >= 11 is 8.60. The summed E-state index contributed by atoms with van der Waals surface area (Å²) in [6, 6.07) is 11.7. The van der Waals surface area contributed by atoms with Crippen molar-refractivity contribution >= 4 is 57.9 Å². The maximum absolute atomic E-state index is 12.9. The molecule has 2 aliphatic heterocycles. The van der Waals surface area contributed by atoms with E-state index >= 15 is 0 Å². The van der Waals surface area contributed by atoms with Gasteiger partial charge in [-0.25, -0.2) is 4.79 Å². The third kappa shape index (κ3) is 4.22. The number of thioether (sulfide) groups is 1. The first kappa shape index (κ1) is 21.6. The average molecular weight is 500 g/mol. The third-order valence-corrected chi connectivity index (χ3v) is 7.24. The minimum atomic E-state index is -0.981. The molecule has 1 N–H and O–H groups in total. The molecule has 0 spiro atoms. The van der Waals surface area contributed by atoms with Gasteiger partial charge in [0.2, 0.25) is 6.79 Å². The highest BCUT2D eigenvalue weighted by Gasteiger charge is 2.36. The SMILES string of the molecule is O=C(O)c1ccc(-c2csc(/C=C3\SC(=O)N(Cc4cc5c(cc4Cl)OCO5)C3=O)c2)cc1. The Morgan fingerprint density at radius 2 is 1.82 bits per heavy atom. The number of nitrogens with zero attached hydrogens (tertiary/aromatic N) is 1. The van der Waals surface area contributed by atoms with Crippen molar-refractivity contribution in [1.82, 2.24) is 4.90 Å². The van der Waals surface area contributed by atoms with Crippen LogP contribution in [0.4, 0.5) is 4.79 Å². The molecule has 2 aliphatic rings. The molecule has 0 aliphatic carbocycles. The molecule has 1 fully saturated rings. The molecule has 3 heterocycles. The zero-order chi connectivity index (χ0) is 23.1. The minimum Gasteiger partial charge on any atom is -0.478 e. The number of rotatable bonds is 5. The van der Waals surface area contributed by atoms with E-state index in [2.05, 4.69) is 0 Å². The fourth-order valence-corrected chi connectivity index (χ4v) is 5.37. The van der Waals surface area contributed by atoms with E-state index in [1.54, 1.807) is 42.5 Å². The van der Waals surface area contributed by atoms with Gasteiger partial charge in [0.15, 0.2) is 11.5 Å². The zero-order valence-electron chi connectivity index (χ0n) is 16.7. The number of carbonyl (C=O) groups excluding carboxylic acids is 2. The second-order valence-corrected chi connectivity index (χ2v) is 9.53. The van der Waals surface area contributed by atoms with Crippen molar-refractivity contribution in [1.29, 1.82) is 0 Å². The Kier molecular flexibility index (Phi) is 5.61. The van der Waals surface area contributed by atoms with E-state index in [1.165, 1.54) is 11.3 Å². The van der Waals surface area contributed by atoms with Gasteiger partial charge in [-0.3, -0.25) is 14.5 Å². The fraction of sp³-hybridized carbons (Fsp3) is 0.0870. The quantitative estimate of drug-likeness (QED) is 0.448. The van der Waals surface area contributed by atoms with Crippen LogP contribution in [0.5, 0.6) is 11.5 Å². The van der Waals surface area contributed by atoms with Crippen LogP contribution in [-0.4, -0.2) is 33.9 Å². The molecule has 0 unspecified atom stereocenters. The number of hydrogen-bond donors (Lipinski definition) is 1. The number of carboxylic acid groups (broad SMARTS) is 1. The smallest absolute Gasteiger partial charge is 0.335 e. The van der Waals surface area contributed by atoms with Crippen LogP contribution in [0, 0.1) is 0 Å². The number of amides is 2. The predicted octanol–water partition coefficient (Wildman–Crippen LogP) is 5.73. The number of ether oxygens (including phenoxy) is 2. The first-order valence-corrected chi connectivity index (χ1v) is 11.7. The van der Waals surface area contributed by atoms with Gasteiger partial charge in [0.25, 0.3) is 11.1 Å². The van der Waals surface area contributed by atoms with Crippen LogP contribution in [0.15, 0.2) is 52.7 Å². The molecule has 2 amide bonds. The molecule has 3 aromatic rings. The Morgan fingerprint density at radius 1 is 1.09 bits per heavy atom. The molecule has 1 saturated heterocycles. The van der Waals surface area contributed by atoms with E-state index in [0.29, 0.717) is 27.0 Å². The lowest BCUT2D eigenvalue weighted by Crippen LogP contribution is -2.27. The summed E-state index contributed by atoms with van der Waals surface area (Å²) in [6.45, 7) is 0.134. The molecule has 0 bridgehead atoms. The Labute approximate surface area is 201 Å². The third-order valence-electron chi connectivity index (χ3n) is 5.10. The minimum absolute atomic E-state index is 0.0308. The first-order valence-electron chi connectivity index (χ1n) is 9.65. The normalized spacial score (nSPS) is 16.2. The van der Waals surface area contributed by atoms with Gasteiger partial charge in [-0.2, -0.15) is 0 Å². The molecular weight excluding hydrogens is 486 g/mol. The van der Waals surface area contributed by atoms with Crippen molar-refractivity contribution in [2.75, 3.05) is 6.79 Å². The van der Waals surface area contributed by atoms with Gasteiger partial charge in [0.05, 0.1) is 17.0 Å². The predicted molar refractivity (Wildman–Crippen MR) is 126 cm³/mol. The highest BCUT2D eigenvalue weighted by atomic mass is 35.5. The van der Waals surface area contributed by atoms with Gasteiger partial charge in [-0.1, -0.05) is 23.7 Å². The topological polar surface area (TPSA) is 93.1 Å². The molecule has 33 heavy (non-hydrogen) atoms. The number of hydrogen-bond acceptors (Lipinski definition) is 7. The maximum atomic E-state index is 12.9. The molecule has 5 rings (SSSR count). The van der Waals surface area contributed by atoms with Crippen molar-refractivity contribution in [2.24, 2.45) is 0 Å². The van der Waals surface area contributed by atoms with E-state index in [4.69, 9.17) is 26.2 Å². The van der Waals surface area contributed by atoms with Crippen LogP contribution in [-0.2, 0) is 11.3 Å². The summed E-state index contributed by atoms with van der Waals surface area (Å²) in [7, 11) is 0. The van der Waals surface area contributed by atoms with Gasteiger partial charge in [0.1, 0.15) is 0 Å². The second-order valence-electron chi connectivity index (χ2n) is 7.18. The summed E-state index contributed by atoms with van der Waals surface area (Å²) in [5.74, 6) is -0.312. The van der Waals surface area contributed by atoms with Gasteiger partial charge in [-0.15, -0.1) is 11.3 Å². The molecule has 10 heteroatoms. The maximum Gasteiger partial charge on any atom is 0.335 e. The average Bonchev–Trinajstić information content (AvgIpc) is 3.51. The lowest BCUT2D eigenvalue weighted by Gasteiger charge is -2.14. The summed E-state index contributed by atoms with van der Waals surface area (Å²) in [5, 5.41) is 11.0. The van der Waals surface area contributed by atoms with E-state index in [1.807, 2.05) is 11.4 Å². The summed E-state index contributed by atoms with van der Waals surface area (Å²) in [5.41, 5.74) is 2.56. The Bertz CT molecular complexity index is 1330. The van der Waals surface area contributed by atoms with E-state index < -0.39 is 5.97 Å². The van der Waals surface area contributed by atoms with Gasteiger partial charge in [-0.05, 0) is 64.2 Å². The lowest BCUT2D eigenvalue weighted by molar-refractivity contribution is -0.123. The van der Waals surface area contributed by atoms with Crippen LogP contribution < -0.4 is 9.47 Å². The van der Waals surface area contributed by atoms with Gasteiger partial charge >= 0.3 is 5.97 Å². The summed E-state index contributed by atoms with van der Waals surface area (Å²) < 4.78 is 10.6. The number of aromatic carboxylic acids is 1. The molecule has 2 aromatic carbocycles. The zero-order valence-corrected chi connectivity index (χ0v) is 19.1. The van der Waals surface area contributed by atoms with Crippen LogP contribution in [0.1, 0.15) is 20.8 Å². The van der Waals surface area contributed by atoms with E-state index in [-0.39, 0.29) is 30.0 Å². The van der Waals surface area contributed by atoms with Crippen LogP contribution >= 0.6 is 34.7 Å². The van der Waals surface area contributed by atoms with Crippen molar-refractivity contribution in [3.05, 3.63) is 73.8 Å². The highest BCUT2D eigenvalue weighted by molar-refractivity contribution is 8.18. The molecule has 166 valence electrons. The van der Waals surface area contributed by atoms with Crippen LogP contribution in [0.25, 0.3) is 17.2 Å². The molecular formula is C23H14ClNO6S2.